The minimum Gasteiger partial charge on any atom is -0.121 e. The predicted molar refractivity (Wildman–Crippen MR) is 59.7 cm³/mol. The molecule has 0 aliphatic rings. The maximum absolute atomic E-state index is 3.50. The summed E-state index contributed by atoms with van der Waals surface area (Å²) in [5.41, 5.74) is 0. The molecule has 0 amide bonds. The zero-order valence-electron chi connectivity index (χ0n) is 6.96. The van der Waals surface area contributed by atoms with Crippen LogP contribution in [0.5, 0.6) is 0 Å². The molecule has 0 spiro atoms. The van der Waals surface area contributed by atoms with Crippen molar-refractivity contribution in [1.29, 1.82) is 0 Å². The number of hydrogen-bond acceptors (Lipinski definition) is 1. The zero-order chi connectivity index (χ0) is 8.81. The number of rotatable bonds is 3. The minimum absolute atomic E-state index is 1.04. The van der Waals surface area contributed by atoms with E-state index in [4.69, 9.17) is 0 Å². The van der Waals surface area contributed by atoms with E-state index >= 15 is 0 Å². The first-order chi connectivity index (χ1) is 5.84. The molecule has 2 heteroatoms. The highest BCUT2D eigenvalue weighted by Gasteiger charge is 1.95. The van der Waals surface area contributed by atoms with Gasteiger partial charge in [-0.25, -0.2) is 0 Å². The number of halogens is 1. The number of thioether (sulfide) groups is 1. The van der Waals surface area contributed by atoms with E-state index in [1.54, 1.807) is 0 Å². The van der Waals surface area contributed by atoms with Crippen LogP contribution >= 0.6 is 27.7 Å². The topological polar surface area (TPSA) is 0 Å². The standard InChI is InChI=1S/C10H11BrS/c1-2-3-8-12-10-7-5-4-6-9(10)11/h2-7H,8H2,1H3/b3-2+. The molecule has 0 radical (unpaired) electrons. The third-order valence-corrected chi connectivity index (χ3v) is 3.39. The van der Waals surface area contributed by atoms with Crippen molar-refractivity contribution < 1.29 is 0 Å². The molecule has 0 aliphatic heterocycles. The average molecular weight is 243 g/mol. The van der Waals surface area contributed by atoms with Gasteiger partial charge < -0.3 is 0 Å². The Labute approximate surface area is 86.2 Å². The summed E-state index contributed by atoms with van der Waals surface area (Å²) in [5, 5.41) is 0. The van der Waals surface area contributed by atoms with Crippen molar-refractivity contribution >= 4 is 27.7 Å². The molecule has 0 N–H and O–H groups in total. The lowest BCUT2D eigenvalue weighted by atomic mass is 10.4. The van der Waals surface area contributed by atoms with Gasteiger partial charge in [-0.3, -0.25) is 0 Å². The Hall–Kier alpha value is -0.210. The first kappa shape index (κ1) is 9.87. The first-order valence-corrected chi connectivity index (χ1v) is 5.61. The Kier molecular flexibility index (Phi) is 4.48. The lowest BCUT2D eigenvalue weighted by Gasteiger charge is -1.99. The molecule has 0 saturated heterocycles. The number of allylic oxidation sites excluding steroid dienone is 1. The number of hydrogen-bond donors (Lipinski definition) is 0. The molecule has 12 heavy (non-hydrogen) atoms. The Balaban J connectivity index is 2.57. The van der Waals surface area contributed by atoms with Crippen LogP contribution in [0.15, 0.2) is 45.8 Å². The summed E-state index contributed by atoms with van der Waals surface area (Å²) in [6, 6.07) is 8.28. The highest BCUT2D eigenvalue weighted by molar-refractivity contribution is 9.10. The lowest BCUT2D eigenvalue weighted by Crippen LogP contribution is -1.75. The Morgan fingerprint density at radius 3 is 2.83 bits per heavy atom. The highest BCUT2D eigenvalue weighted by atomic mass is 79.9. The largest absolute Gasteiger partial charge is 0.121 e. The van der Waals surface area contributed by atoms with Gasteiger partial charge in [0.25, 0.3) is 0 Å². The summed E-state index contributed by atoms with van der Waals surface area (Å²) in [5.74, 6) is 1.04. The van der Waals surface area contributed by atoms with Crippen molar-refractivity contribution in [3.05, 3.63) is 40.9 Å². The van der Waals surface area contributed by atoms with E-state index < -0.39 is 0 Å². The van der Waals surface area contributed by atoms with Crippen LogP contribution in [0.2, 0.25) is 0 Å². The van der Waals surface area contributed by atoms with E-state index in [0.717, 1.165) is 5.75 Å². The Morgan fingerprint density at radius 1 is 1.42 bits per heavy atom. The van der Waals surface area contributed by atoms with Crippen LogP contribution in [0.1, 0.15) is 6.92 Å². The van der Waals surface area contributed by atoms with Gasteiger partial charge in [0.15, 0.2) is 0 Å². The fourth-order valence-electron chi connectivity index (χ4n) is 0.796. The average Bonchev–Trinajstić information content (AvgIpc) is 2.09. The second-order valence-corrected chi connectivity index (χ2v) is 4.23. The summed E-state index contributed by atoms with van der Waals surface area (Å²) in [7, 11) is 0. The molecule has 0 heterocycles. The maximum atomic E-state index is 3.50. The second kappa shape index (κ2) is 5.44. The highest BCUT2D eigenvalue weighted by Crippen LogP contribution is 2.26. The molecule has 1 aromatic carbocycles. The van der Waals surface area contributed by atoms with Crippen LogP contribution in [-0.2, 0) is 0 Å². The van der Waals surface area contributed by atoms with Crippen molar-refractivity contribution in [3.8, 4) is 0 Å². The molecule has 0 aliphatic carbocycles. The number of benzene rings is 1. The molecule has 0 fully saturated rings. The van der Waals surface area contributed by atoms with E-state index in [-0.39, 0.29) is 0 Å². The SMILES string of the molecule is C/C=C/CSc1ccccc1Br. The van der Waals surface area contributed by atoms with Gasteiger partial charge in [0.05, 0.1) is 0 Å². The predicted octanol–water partition coefficient (Wildman–Crippen LogP) is 4.12. The van der Waals surface area contributed by atoms with Gasteiger partial charge in [-0.2, -0.15) is 0 Å². The van der Waals surface area contributed by atoms with Crippen LogP contribution in [0.3, 0.4) is 0 Å². The molecule has 0 bridgehead atoms. The Bertz CT molecular complexity index is 268. The van der Waals surface area contributed by atoms with Crippen LogP contribution in [0.25, 0.3) is 0 Å². The van der Waals surface area contributed by atoms with E-state index in [2.05, 4.69) is 46.3 Å². The normalized spacial score (nSPS) is 10.8. The van der Waals surface area contributed by atoms with Gasteiger partial charge in [0.1, 0.15) is 0 Å². The second-order valence-electron chi connectivity index (χ2n) is 2.31. The monoisotopic (exact) mass is 242 g/mol. The zero-order valence-corrected chi connectivity index (χ0v) is 9.36. The summed E-state index contributed by atoms with van der Waals surface area (Å²) in [6.45, 7) is 2.04. The third kappa shape index (κ3) is 3.03. The van der Waals surface area contributed by atoms with Gasteiger partial charge in [-0.05, 0) is 35.0 Å². The molecular weight excluding hydrogens is 232 g/mol. The summed E-state index contributed by atoms with van der Waals surface area (Å²) < 4.78 is 1.18. The van der Waals surface area contributed by atoms with Crippen molar-refractivity contribution in [3.63, 3.8) is 0 Å². The molecule has 0 nitrogen and oxygen atoms in total. The first-order valence-electron chi connectivity index (χ1n) is 3.83. The van der Waals surface area contributed by atoms with Crippen molar-refractivity contribution in [2.24, 2.45) is 0 Å². The molecule has 0 aromatic heterocycles. The van der Waals surface area contributed by atoms with Crippen molar-refractivity contribution in [2.75, 3.05) is 5.75 Å². The minimum atomic E-state index is 1.04. The summed E-state index contributed by atoms with van der Waals surface area (Å²) >= 11 is 5.34. The molecule has 64 valence electrons. The van der Waals surface area contributed by atoms with Gasteiger partial charge in [0.2, 0.25) is 0 Å². The van der Waals surface area contributed by atoms with Gasteiger partial charge in [-0.1, -0.05) is 24.3 Å². The van der Waals surface area contributed by atoms with Crippen LogP contribution in [-0.4, -0.2) is 5.75 Å². The molecule has 0 atom stereocenters. The molecule has 1 aromatic rings. The van der Waals surface area contributed by atoms with E-state index in [9.17, 15) is 0 Å². The molecule has 0 saturated carbocycles. The maximum Gasteiger partial charge on any atom is 0.0311 e. The van der Waals surface area contributed by atoms with Crippen LogP contribution in [0.4, 0.5) is 0 Å². The summed E-state index contributed by atoms with van der Waals surface area (Å²) in [6.07, 6.45) is 4.23. The van der Waals surface area contributed by atoms with Gasteiger partial charge >= 0.3 is 0 Å². The summed E-state index contributed by atoms with van der Waals surface area (Å²) in [4.78, 5) is 1.30. The quantitative estimate of drug-likeness (QED) is 0.568. The van der Waals surface area contributed by atoms with E-state index in [0.29, 0.717) is 0 Å². The smallest absolute Gasteiger partial charge is 0.0311 e. The fourth-order valence-corrected chi connectivity index (χ4v) is 2.27. The van der Waals surface area contributed by atoms with Crippen LogP contribution in [0, 0.1) is 0 Å². The Morgan fingerprint density at radius 2 is 2.17 bits per heavy atom. The van der Waals surface area contributed by atoms with Crippen molar-refractivity contribution in [1.82, 2.24) is 0 Å². The third-order valence-electron chi connectivity index (χ3n) is 1.41. The molecule has 1 rings (SSSR count). The van der Waals surface area contributed by atoms with E-state index in [1.165, 1.54) is 9.37 Å². The van der Waals surface area contributed by atoms with Crippen molar-refractivity contribution in [2.45, 2.75) is 11.8 Å². The molecule has 0 unspecified atom stereocenters. The van der Waals surface area contributed by atoms with Crippen LogP contribution < -0.4 is 0 Å². The van der Waals surface area contributed by atoms with Gasteiger partial charge in [-0.15, -0.1) is 11.8 Å². The lowest BCUT2D eigenvalue weighted by molar-refractivity contribution is 1.40. The van der Waals surface area contributed by atoms with Gasteiger partial charge in [0, 0.05) is 15.1 Å². The van der Waals surface area contributed by atoms with E-state index in [1.807, 2.05) is 24.8 Å². The fraction of sp³-hybridized carbons (Fsp3) is 0.200. The molecular formula is C10H11BrS.